The molecule has 1 aromatic carbocycles. The molecule has 1 saturated heterocycles. The van der Waals surface area contributed by atoms with E-state index in [4.69, 9.17) is 4.74 Å². The average Bonchev–Trinajstić information content (AvgIpc) is 2.54. The van der Waals surface area contributed by atoms with Crippen molar-refractivity contribution in [3.8, 4) is 0 Å². The topological polar surface area (TPSA) is 24.5 Å². The van der Waals surface area contributed by atoms with Crippen LogP contribution < -0.4 is 5.32 Å². The zero-order valence-corrected chi connectivity index (χ0v) is 13.8. The maximum Gasteiger partial charge on any atom is 0.0615 e. The Bertz CT molecular complexity index is 401. The van der Waals surface area contributed by atoms with Crippen LogP contribution in [0.5, 0.6) is 0 Å². The van der Waals surface area contributed by atoms with Crippen molar-refractivity contribution in [1.82, 2.24) is 10.2 Å². The smallest absolute Gasteiger partial charge is 0.0615 e. The van der Waals surface area contributed by atoms with Crippen LogP contribution in [-0.4, -0.2) is 50.8 Å². The first-order chi connectivity index (χ1) is 10.2. The molecule has 3 nitrogen and oxygen atoms in total. The van der Waals surface area contributed by atoms with Gasteiger partial charge in [0, 0.05) is 25.1 Å². The minimum atomic E-state index is 0.282. The van der Waals surface area contributed by atoms with Crippen LogP contribution in [0.4, 0.5) is 0 Å². The monoisotopic (exact) mass is 290 g/mol. The summed E-state index contributed by atoms with van der Waals surface area (Å²) in [5.41, 5.74) is 1.78. The van der Waals surface area contributed by atoms with E-state index in [-0.39, 0.29) is 5.41 Å². The highest BCUT2D eigenvalue weighted by Gasteiger charge is 2.36. The van der Waals surface area contributed by atoms with Crippen LogP contribution in [0.3, 0.4) is 0 Å². The van der Waals surface area contributed by atoms with Crippen LogP contribution in [-0.2, 0) is 10.2 Å². The van der Waals surface area contributed by atoms with Crippen molar-refractivity contribution in [2.75, 3.05) is 39.9 Å². The van der Waals surface area contributed by atoms with Crippen LogP contribution in [0.2, 0.25) is 0 Å². The van der Waals surface area contributed by atoms with Gasteiger partial charge in [0.15, 0.2) is 0 Å². The first kappa shape index (κ1) is 16.5. The molecule has 0 radical (unpaired) electrons. The highest BCUT2D eigenvalue weighted by atomic mass is 16.5. The van der Waals surface area contributed by atoms with Gasteiger partial charge in [-0.15, -0.1) is 0 Å². The summed E-state index contributed by atoms with van der Waals surface area (Å²) in [5.74, 6) is 0. The van der Waals surface area contributed by atoms with Crippen molar-refractivity contribution in [2.24, 2.45) is 0 Å². The molecular formula is C18H30N2O. The molecule has 1 heterocycles. The van der Waals surface area contributed by atoms with Crippen molar-refractivity contribution in [2.45, 2.75) is 38.1 Å². The van der Waals surface area contributed by atoms with E-state index in [1.54, 1.807) is 7.11 Å². The van der Waals surface area contributed by atoms with E-state index in [0.717, 1.165) is 32.8 Å². The lowest BCUT2D eigenvalue weighted by atomic mass is 9.72. The summed E-state index contributed by atoms with van der Waals surface area (Å²) in [5, 5.41) is 3.51. The predicted molar refractivity (Wildman–Crippen MR) is 88.8 cm³/mol. The van der Waals surface area contributed by atoms with Gasteiger partial charge in [0.2, 0.25) is 0 Å². The van der Waals surface area contributed by atoms with Gasteiger partial charge in [-0.25, -0.2) is 0 Å². The molecule has 2 rings (SSSR count). The summed E-state index contributed by atoms with van der Waals surface area (Å²) in [6, 6.07) is 11.5. The summed E-state index contributed by atoms with van der Waals surface area (Å²) in [6.07, 6.45) is 2.43. The van der Waals surface area contributed by atoms with Gasteiger partial charge < -0.3 is 10.1 Å². The van der Waals surface area contributed by atoms with Crippen LogP contribution in [0, 0.1) is 0 Å². The summed E-state index contributed by atoms with van der Waals surface area (Å²) in [4.78, 5) is 2.57. The molecule has 0 aliphatic carbocycles. The van der Waals surface area contributed by atoms with E-state index in [1.807, 2.05) is 0 Å². The second-order valence-corrected chi connectivity index (χ2v) is 6.26. The Balaban J connectivity index is 2.20. The maximum atomic E-state index is 5.36. The Morgan fingerprint density at radius 2 is 1.90 bits per heavy atom. The van der Waals surface area contributed by atoms with Crippen molar-refractivity contribution in [3.05, 3.63) is 35.9 Å². The zero-order chi connectivity index (χ0) is 15.1. The Labute approximate surface area is 129 Å². The van der Waals surface area contributed by atoms with E-state index in [0.29, 0.717) is 6.04 Å². The van der Waals surface area contributed by atoms with E-state index < -0.39 is 0 Å². The number of nitrogens with one attached hydrogen (secondary N) is 1. The second-order valence-electron chi connectivity index (χ2n) is 6.26. The highest BCUT2D eigenvalue weighted by molar-refractivity contribution is 5.27. The van der Waals surface area contributed by atoms with Crippen LogP contribution in [0.15, 0.2) is 30.3 Å². The Morgan fingerprint density at radius 1 is 1.24 bits per heavy atom. The van der Waals surface area contributed by atoms with Crippen LogP contribution in [0.1, 0.15) is 32.3 Å². The molecule has 1 fully saturated rings. The number of hydrogen-bond donors (Lipinski definition) is 1. The maximum absolute atomic E-state index is 5.36. The molecule has 1 aromatic rings. The second kappa shape index (κ2) is 7.92. The molecule has 1 aliphatic heterocycles. The number of hydrogen-bond acceptors (Lipinski definition) is 3. The molecule has 1 unspecified atom stereocenters. The molecule has 0 bridgehead atoms. The molecule has 3 heteroatoms. The van der Waals surface area contributed by atoms with Gasteiger partial charge in [0.1, 0.15) is 0 Å². The first-order valence-electron chi connectivity index (χ1n) is 8.21. The minimum absolute atomic E-state index is 0.282. The molecule has 0 saturated carbocycles. The Morgan fingerprint density at radius 3 is 2.48 bits per heavy atom. The van der Waals surface area contributed by atoms with E-state index in [1.165, 1.54) is 18.4 Å². The van der Waals surface area contributed by atoms with Gasteiger partial charge in [-0.2, -0.15) is 0 Å². The van der Waals surface area contributed by atoms with Gasteiger partial charge in [0.05, 0.1) is 6.61 Å². The third-order valence-corrected chi connectivity index (χ3v) is 4.89. The minimum Gasteiger partial charge on any atom is -0.383 e. The molecule has 1 aliphatic rings. The molecule has 0 spiro atoms. The summed E-state index contributed by atoms with van der Waals surface area (Å²) >= 11 is 0. The van der Waals surface area contributed by atoms with Crippen molar-refractivity contribution < 1.29 is 4.74 Å². The number of likely N-dealkylation sites (N-methyl/N-ethyl adjacent to an activating group) is 1. The lowest BCUT2D eigenvalue weighted by molar-refractivity contribution is 0.0777. The fourth-order valence-electron chi connectivity index (χ4n) is 3.55. The quantitative estimate of drug-likeness (QED) is 0.835. The number of rotatable bonds is 7. The van der Waals surface area contributed by atoms with Crippen LogP contribution in [0.25, 0.3) is 0 Å². The molecule has 21 heavy (non-hydrogen) atoms. The number of nitrogens with zero attached hydrogens (tertiary/aromatic N) is 1. The van der Waals surface area contributed by atoms with Crippen molar-refractivity contribution >= 4 is 0 Å². The number of piperidine rings is 1. The molecule has 1 atom stereocenters. The first-order valence-corrected chi connectivity index (χ1v) is 8.21. The SMILES string of the molecule is CCN(CC1(c2ccccc2)CCNCC1)C(C)COC. The average molecular weight is 290 g/mol. The molecule has 0 aromatic heterocycles. The number of ether oxygens (including phenoxy) is 1. The number of methoxy groups -OCH3 is 1. The summed E-state index contributed by atoms with van der Waals surface area (Å²) < 4.78 is 5.36. The van der Waals surface area contributed by atoms with Crippen LogP contribution >= 0.6 is 0 Å². The third kappa shape index (κ3) is 4.06. The highest BCUT2D eigenvalue weighted by Crippen LogP contribution is 2.34. The van der Waals surface area contributed by atoms with E-state index >= 15 is 0 Å². The van der Waals surface area contributed by atoms with Crippen molar-refractivity contribution in [3.63, 3.8) is 0 Å². The largest absolute Gasteiger partial charge is 0.383 e. The zero-order valence-electron chi connectivity index (χ0n) is 13.8. The van der Waals surface area contributed by atoms with Gasteiger partial charge in [-0.3, -0.25) is 4.90 Å². The summed E-state index contributed by atoms with van der Waals surface area (Å²) in [7, 11) is 1.79. The molecular weight excluding hydrogens is 260 g/mol. The summed E-state index contributed by atoms with van der Waals surface area (Å²) in [6.45, 7) is 9.76. The third-order valence-electron chi connectivity index (χ3n) is 4.89. The van der Waals surface area contributed by atoms with Gasteiger partial charge >= 0.3 is 0 Å². The number of benzene rings is 1. The van der Waals surface area contributed by atoms with Gasteiger partial charge in [0.25, 0.3) is 0 Å². The molecule has 1 N–H and O–H groups in total. The van der Waals surface area contributed by atoms with Crippen molar-refractivity contribution in [1.29, 1.82) is 0 Å². The Kier molecular flexibility index (Phi) is 6.22. The van der Waals surface area contributed by atoms with E-state index in [9.17, 15) is 0 Å². The lowest BCUT2D eigenvalue weighted by Crippen LogP contribution is -2.50. The fraction of sp³-hybridized carbons (Fsp3) is 0.667. The Hall–Kier alpha value is -0.900. The molecule has 0 amide bonds. The molecule has 118 valence electrons. The van der Waals surface area contributed by atoms with Gasteiger partial charge in [-0.05, 0) is 45.0 Å². The fourth-order valence-corrected chi connectivity index (χ4v) is 3.55. The lowest BCUT2D eigenvalue weighted by Gasteiger charge is -2.43. The van der Waals surface area contributed by atoms with Gasteiger partial charge in [-0.1, -0.05) is 37.3 Å². The standard InChI is InChI=1S/C18H30N2O/c1-4-20(16(2)14-21-3)15-18(10-12-19-13-11-18)17-8-6-5-7-9-17/h5-9,16,19H,4,10-15H2,1-3H3. The normalized spacial score (nSPS) is 19.6. The predicted octanol–water partition coefficient (Wildman–Crippen LogP) is 2.66. The van der Waals surface area contributed by atoms with E-state index in [2.05, 4.69) is 54.4 Å².